The molecule has 2 aromatic carbocycles. The maximum Gasteiger partial charge on any atom is 0.165 e. The normalized spacial score (nSPS) is 9.90. The van der Waals surface area contributed by atoms with Gasteiger partial charge in [-0.2, -0.15) is 0 Å². The Morgan fingerprint density at radius 3 is 2.71 bits per heavy atom. The molecule has 0 atom stereocenters. The average molecular weight is 308 g/mol. The summed E-state index contributed by atoms with van der Waals surface area (Å²) in [6, 6.07) is 8.16. The van der Waals surface area contributed by atoms with Crippen molar-refractivity contribution in [1.82, 2.24) is 0 Å². The first-order chi connectivity index (χ1) is 10.1. The fourth-order valence-corrected chi connectivity index (χ4v) is 1.83. The standard InChI is InChI=1S/C16H12ClF2NO/c17-14-5-4-13(18)9-12(14)10-21-16-8-11(2-1-7-20)3-6-15(16)19/h3-6,8-9H,7,10,20H2. The molecule has 0 aliphatic heterocycles. The number of hydrogen-bond donors (Lipinski definition) is 1. The van der Waals surface area contributed by atoms with Gasteiger partial charge in [-0.3, -0.25) is 0 Å². The van der Waals surface area contributed by atoms with E-state index in [4.69, 9.17) is 22.1 Å². The third-order valence-corrected chi connectivity index (χ3v) is 3.03. The Morgan fingerprint density at radius 2 is 1.95 bits per heavy atom. The Morgan fingerprint density at radius 1 is 1.14 bits per heavy atom. The van der Waals surface area contributed by atoms with Crippen molar-refractivity contribution in [1.29, 1.82) is 0 Å². The topological polar surface area (TPSA) is 35.2 Å². The summed E-state index contributed by atoms with van der Waals surface area (Å²) in [5.41, 5.74) is 6.31. The van der Waals surface area contributed by atoms with Crippen LogP contribution in [0.3, 0.4) is 0 Å². The fraction of sp³-hybridized carbons (Fsp3) is 0.125. The first-order valence-corrected chi connectivity index (χ1v) is 6.53. The van der Waals surface area contributed by atoms with Gasteiger partial charge in [0.25, 0.3) is 0 Å². The lowest BCUT2D eigenvalue weighted by Crippen LogP contribution is -1.99. The Bertz CT molecular complexity index is 707. The van der Waals surface area contributed by atoms with Crippen molar-refractivity contribution in [2.45, 2.75) is 6.61 Å². The molecule has 0 aliphatic rings. The van der Waals surface area contributed by atoms with Gasteiger partial charge in [0.15, 0.2) is 11.6 Å². The molecule has 108 valence electrons. The zero-order chi connectivity index (χ0) is 15.2. The summed E-state index contributed by atoms with van der Waals surface area (Å²) in [4.78, 5) is 0. The molecule has 0 radical (unpaired) electrons. The summed E-state index contributed by atoms with van der Waals surface area (Å²) in [5, 5.41) is 0.357. The quantitative estimate of drug-likeness (QED) is 0.881. The van der Waals surface area contributed by atoms with Gasteiger partial charge in [-0.05, 0) is 36.4 Å². The zero-order valence-corrected chi connectivity index (χ0v) is 11.8. The number of ether oxygens (including phenoxy) is 1. The van der Waals surface area contributed by atoms with Crippen LogP contribution in [-0.4, -0.2) is 6.54 Å². The van der Waals surface area contributed by atoms with Crippen LogP contribution in [0.15, 0.2) is 36.4 Å². The van der Waals surface area contributed by atoms with Crippen molar-refractivity contribution in [2.24, 2.45) is 5.73 Å². The highest BCUT2D eigenvalue weighted by atomic mass is 35.5. The van der Waals surface area contributed by atoms with Crippen LogP contribution in [0.5, 0.6) is 5.75 Å². The maximum absolute atomic E-state index is 13.7. The molecule has 2 rings (SSSR count). The predicted octanol–water partition coefficient (Wildman–Crippen LogP) is 3.51. The summed E-state index contributed by atoms with van der Waals surface area (Å²) in [6.45, 7) is 0.174. The molecule has 2 nitrogen and oxygen atoms in total. The van der Waals surface area contributed by atoms with Gasteiger partial charge >= 0.3 is 0 Å². The largest absolute Gasteiger partial charge is 0.486 e. The first kappa shape index (κ1) is 15.3. The number of hydrogen-bond acceptors (Lipinski definition) is 2. The number of rotatable bonds is 3. The van der Waals surface area contributed by atoms with E-state index in [1.54, 1.807) is 0 Å². The lowest BCUT2D eigenvalue weighted by atomic mass is 10.2. The molecule has 0 heterocycles. The molecule has 21 heavy (non-hydrogen) atoms. The Labute approximate surface area is 126 Å². The van der Waals surface area contributed by atoms with E-state index in [-0.39, 0.29) is 18.9 Å². The highest BCUT2D eigenvalue weighted by Gasteiger charge is 2.07. The van der Waals surface area contributed by atoms with E-state index >= 15 is 0 Å². The number of halogens is 3. The van der Waals surface area contributed by atoms with E-state index in [9.17, 15) is 8.78 Å². The van der Waals surface area contributed by atoms with Gasteiger partial charge in [0, 0.05) is 16.1 Å². The van der Waals surface area contributed by atoms with Crippen molar-refractivity contribution in [2.75, 3.05) is 6.54 Å². The molecule has 2 aromatic rings. The van der Waals surface area contributed by atoms with Crippen LogP contribution in [0.2, 0.25) is 5.02 Å². The van der Waals surface area contributed by atoms with Crippen molar-refractivity contribution >= 4 is 11.6 Å². The highest BCUT2D eigenvalue weighted by Crippen LogP contribution is 2.22. The third-order valence-electron chi connectivity index (χ3n) is 2.66. The van der Waals surface area contributed by atoms with E-state index in [0.29, 0.717) is 16.1 Å². The molecule has 2 N–H and O–H groups in total. The van der Waals surface area contributed by atoms with Crippen LogP contribution in [0.4, 0.5) is 8.78 Å². The molecule has 0 unspecified atom stereocenters. The van der Waals surface area contributed by atoms with Gasteiger partial charge in [0.1, 0.15) is 12.4 Å². The van der Waals surface area contributed by atoms with Crippen LogP contribution < -0.4 is 10.5 Å². The number of nitrogens with two attached hydrogens (primary N) is 1. The van der Waals surface area contributed by atoms with E-state index in [1.165, 1.54) is 36.4 Å². The van der Waals surface area contributed by atoms with E-state index in [2.05, 4.69) is 11.8 Å². The summed E-state index contributed by atoms with van der Waals surface area (Å²) in [6.07, 6.45) is 0. The molecular weight excluding hydrogens is 296 g/mol. The summed E-state index contributed by atoms with van der Waals surface area (Å²) in [7, 11) is 0. The minimum atomic E-state index is -0.527. The van der Waals surface area contributed by atoms with Gasteiger partial charge < -0.3 is 10.5 Å². The molecule has 0 aromatic heterocycles. The smallest absolute Gasteiger partial charge is 0.165 e. The van der Waals surface area contributed by atoms with Gasteiger partial charge in [0.05, 0.1) is 6.54 Å². The van der Waals surface area contributed by atoms with Crippen molar-refractivity contribution < 1.29 is 13.5 Å². The van der Waals surface area contributed by atoms with Gasteiger partial charge in [-0.1, -0.05) is 23.4 Å². The van der Waals surface area contributed by atoms with E-state index in [1.807, 2.05) is 0 Å². The van der Waals surface area contributed by atoms with Crippen LogP contribution in [0.1, 0.15) is 11.1 Å². The van der Waals surface area contributed by atoms with E-state index in [0.717, 1.165) is 0 Å². The van der Waals surface area contributed by atoms with Crippen molar-refractivity contribution in [3.63, 3.8) is 0 Å². The third kappa shape index (κ3) is 4.19. The Kier molecular flexibility index (Phi) is 5.15. The molecule has 0 saturated carbocycles. The molecule has 5 heteroatoms. The second kappa shape index (κ2) is 7.07. The molecule has 0 bridgehead atoms. The first-order valence-electron chi connectivity index (χ1n) is 6.15. The van der Waals surface area contributed by atoms with Crippen LogP contribution in [0.25, 0.3) is 0 Å². The lowest BCUT2D eigenvalue weighted by molar-refractivity contribution is 0.290. The SMILES string of the molecule is NCC#Cc1ccc(F)c(OCc2cc(F)ccc2Cl)c1. The van der Waals surface area contributed by atoms with Crippen molar-refractivity contribution in [3.05, 3.63) is 64.2 Å². The zero-order valence-electron chi connectivity index (χ0n) is 11.0. The second-order valence-electron chi connectivity index (χ2n) is 4.18. The summed E-state index contributed by atoms with van der Waals surface area (Å²) in [5.74, 6) is 4.52. The molecule has 0 aliphatic carbocycles. The maximum atomic E-state index is 13.7. The molecule has 0 saturated heterocycles. The number of benzene rings is 2. The summed E-state index contributed by atoms with van der Waals surface area (Å²) < 4.78 is 32.2. The van der Waals surface area contributed by atoms with Crippen LogP contribution in [0, 0.1) is 23.5 Å². The molecule has 0 spiro atoms. The van der Waals surface area contributed by atoms with E-state index < -0.39 is 11.6 Å². The van der Waals surface area contributed by atoms with Gasteiger partial charge in [-0.25, -0.2) is 8.78 Å². The molecule has 0 amide bonds. The van der Waals surface area contributed by atoms with Crippen LogP contribution >= 0.6 is 11.6 Å². The monoisotopic (exact) mass is 307 g/mol. The van der Waals surface area contributed by atoms with Gasteiger partial charge in [0.2, 0.25) is 0 Å². The Balaban J connectivity index is 2.17. The average Bonchev–Trinajstić information content (AvgIpc) is 2.48. The highest BCUT2D eigenvalue weighted by molar-refractivity contribution is 6.31. The van der Waals surface area contributed by atoms with Crippen molar-refractivity contribution in [3.8, 4) is 17.6 Å². The summed E-state index contributed by atoms with van der Waals surface area (Å²) >= 11 is 5.93. The lowest BCUT2D eigenvalue weighted by Gasteiger charge is -2.09. The minimum Gasteiger partial charge on any atom is -0.486 e. The second-order valence-corrected chi connectivity index (χ2v) is 4.58. The molecule has 0 fully saturated rings. The Hall–Kier alpha value is -2.09. The fourth-order valence-electron chi connectivity index (χ4n) is 1.65. The predicted molar refractivity (Wildman–Crippen MR) is 78.1 cm³/mol. The minimum absolute atomic E-state index is 0.0270. The molecular formula is C16H12ClF2NO. The van der Waals surface area contributed by atoms with Crippen LogP contribution in [-0.2, 0) is 6.61 Å². The van der Waals surface area contributed by atoms with Gasteiger partial charge in [-0.15, -0.1) is 0 Å².